The Morgan fingerprint density at radius 3 is 2.74 bits per heavy atom. The normalized spacial score (nSPS) is 16.3. The van der Waals surface area contributed by atoms with Gasteiger partial charge in [-0.05, 0) is 38.3 Å². The molecule has 0 bridgehead atoms. The van der Waals surface area contributed by atoms with E-state index in [1.54, 1.807) is 11.0 Å². The van der Waals surface area contributed by atoms with Crippen LogP contribution in [0.2, 0.25) is 0 Å². The zero-order chi connectivity index (χ0) is 21.8. The van der Waals surface area contributed by atoms with Gasteiger partial charge in [0.1, 0.15) is 6.26 Å². The zero-order valence-corrected chi connectivity index (χ0v) is 18.0. The van der Waals surface area contributed by atoms with Crippen LogP contribution < -0.4 is 5.32 Å². The predicted octanol–water partition coefficient (Wildman–Crippen LogP) is 3.31. The fourth-order valence-corrected chi connectivity index (χ4v) is 4.16. The largest absolute Gasteiger partial charge is 0.472 e. The molecule has 7 heteroatoms. The van der Waals surface area contributed by atoms with E-state index in [0.717, 1.165) is 29.8 Å². The van der Waals surface area contributed by atoms with Gasteiger partial charge in [-0.15, -0.1) is 0 Å². The lowest BCUT2D eigenvalue weighted by atomic mass is 9.96. The number of nitrogens with one attached hydrogen (secondary N) is 1. The van der Waals surface area contributed by atoms with E-state index in [1.165, 1.54) is 18.1 Å². The minimum Gasteiger partial charge on any atom is -0.472 e. The molecule has 0 aliphatic carbocycles. The summed E-state index contributed by atoms with van der Waals surface area (Å²) in [7, 11) is 0. The molecule has 2 aromatic heterocycles. The number of carbonyl (C=O) groups excluding carboxylic acids is 2. The fraction of sp³-hybridized carbons (Fsp3) is 0.375. The van der Waals surface area contributed by atoms with Crippen LogP contribution in [0.1, 0.15) is 45.7 Å². The molecule has 4 rings (SSSR count). The molecule has 1 N–H and O–H groups in total. The first kappa shape index (κ1) is 20.9. The number of hydrogen-bond acceptors (Lipinski definition) is 4. The van der Waals surface area contributed by atoms with Gasteiger partial charge in [-0.2, -0.15) is 5.10 Å². The first-order valence-electron chi connectivity index (χ1n) is 10.7. The Bertz CT molecular complexity index is 1040. The molecule has 0 radical (unpaired) electrons. The maximum absolute atomic E-state index is 12.9. The van der Waals surface area contributed by atoms with Crippen molar-refractivity contribution >= 4 is 11.8 Å². The molecule has 162 valence electrons. The van der Waals surface area contributed by atoms with Crippen molar-refractivity contribution in [1.82, 2.24) is 20.0 Å². The van der Waals surface area contributed by atoms with E-state index in [9.17, 15) is 9.59 Å². The molecule has 1 fully saturated rings. The molecule has 1 atom stereocenters. The Morgan fingerprint density at radius 2 is 2.00 bits per heavy atom. The third-order valence-corrected chi connectivity index (χ3v) is 5.99. The first-order valence-corrected chi connectivity index (χ1v) is 10.7. The molecule has 1 aliphatic heterocycles. The maximum Gasteiger partial charge on any atom is 0.257 e. The maximum atomic E-state index is 12.9. The third-order valence-electron chi connectivity index (χ3n) is 5.99. The van der Waals surface area contributed by atoms with E-state index in [1.807, 2.05) is 36.7 Å². The molecule has 1 saturated heterocycles. The molecule has 31 heavy (non-hydrogen) atoms. The number of carbonyl (C=O) groups is 2. The summed E-state index contributed by atoms with van der Waals surface area (Å²) in [5, 5.41) is 7.74. The predicted molar refractivity (Wildman–Crippen MR) is 116 cm³/mol. The molecule has 0 saturated carbocycles. The van der Waals surface area contributed by atoms with Gasteiger partial charge in [-0.3, -0.25) is 14.3 Å². The molecule has 2 amide bonds. The summed E-state index contributed by atoms with van der Waals surface area (Å²) in [4.78, 5) is 27.2. The van der Waals surface area contributed by atoms with Crippen molar-refractivity contribution < 1.29 is 14.0 Å². The van der Waals surface area contributed by atoms with Crippen LogP contribution in [0.5, 0.6) is 0 Å². The summed E-state index contributed by atoms with van der Waals surface area (Å²) in [6.45, 7) is 6.25. The highest BCUT2D eigenvalue weighted by Crippen LogP contribution is 2.20. The molecular weight excluding hydrogens is 392 g/mol. The van der Waals surface area contributed by atoms with Crippen molar-refractivity contribution in [3.8, 4) is 0 Å². The van der Waals surface area contributed by atoms with E-state index in [-0.39, 0.29) is 17.7 Å². The van der Waals surface area contributed by atoms with Gasteiger partial charge in [-0.1, -0.05) is 30.3 Å². The van der Waals surface area contributed by atoms with Crippen LogP contribution in [0, 0.1) is 19.8 Å². The van der Waals surface area contributed by atoms with Crippen molar-refractivity contribution in [2.45, 2.75) is 39.8 Å². The minimum absolute atomic E-state index is 0.0145. The second-order valence-electron chi connectivity index (χ2n) is 8.11. The van der Waals surface area contributed by atoms with E-state index in [0.29, 0.717) is 31.7 Å². The van der Waals surface area contributed by atoms with Gasteiger partial charge in [0.25, 0.3) is 5.91 Å². The quantitative estimate of drug-likeness (QED) is 0.663. The summed E-state index contributed by atoms with van der Waals surface area (Å²) in [5.74, 6) is -0.302. The molecular formula is C24H28N4O3. The lowest BCUT2D eigenvalue weighted by molar-refractivity contribution is -0.126. The van der Waals surface area contributed by atoms with Crippen LogP contribution in [-0.2, 0) is 17.9 Å². The number of hydrogen-bond donors (Lipinski definition) is 1. The van der Waals surface area contributed by atoms with Gasteiger partial charge in [0.15, 0.2) is 0 Å². The number of piperidine rings is 1. The second-order valence-corrected chi connectivity index (χ2v) is 8.11. The molecule has 1 aliphatic rings. The van der Waals surface area contributed by atoms with Gasteiger partial charge < -0.3 is 14.6 Å². The number of aromatic nitrogens is 2. The highest BCUT2D eigenvalue weighted by Gasteiger charge is 2.29. The Morgan fingerprint density at radius 1 is 1.19 bits per heavy atom. The number of furan rings is 1. The second kappa shape index (κ2) is 9.20. The van der Waals surface area contributed by atoms with E-state index >= 15 is 0 Å². The van der Waals surface area contributed by atoms with Crippen molar-refractivity contribution in [1.29, 1.82) is 0 Å². The fourth-order valence-electron chi connectivity index (χ4n) is 4.16. The van der Waals surface area contributed by atoms with Crippen molar-refractivity contribution in [3.63, 3.8) is 0 Å². The Balaban J connectivity index is 1.37. The van der Waals surface area contributed by atoms with Crippen LogP contribution in [0.15, 0.2) is 53.3 Å². The SMILES string of the molecule is Cc1nn(Cc2ccccc2)c(C)c1CNC(=O)C1CCCN(C(=O)c2ccoc2)C1. The van der Waals surface area contributed by atoms with Crippen molar-refractivity contribution in [2.24, 2.45) is 5.92 Å². The number of aryl methyl sites for hydroxylation is 1. The van der Waals surface area contributed by atoms with E-state index < -0.39 is 0 Å². The van der Waals surface area contributed by atoms with E-state index in [2.05, 4.69) is 22.5 Å². The third kappa shape index (κ3) is 4.71. The number of nitrogens with zero attached hydrogens (tertiary/aromatic N) is 3. The number of amides is 2. The molecule has 0 spiro atoms. The van der Waals surface area contributed by atoms with Crippen LogP contribution in [-0.4, -0.2) is 39.6 Å². The summed E-state index contributed by atoms with van der Waals surface area (Å²) in [6.07, 6.45) is 4.54. The topological polar surface area (TPSA) is 80.4 Å². The van der Waals surface area contributed by atoms with Gasteiger partial charge in [-0.25, -0.2) is 0 Å². The summed E-state index contributed by atoms with van der Waals surface area (Å²) >= 11 is 0. The summed E-state index contributed by atoms with van der Waals surface area (Å²) in [6, 6.07) is 11.9. The van der Waals surface area contributed by atoms with Crippen LogP contribution in [0.4, 0.5) is 0 Å². The summed E-state index contributed by atoms with van der Waals surface area (Å²) in [5.41, 5.74) is 4.74. The minimum atomic E-state index is -0.204. The van der Waals surface area contributed by atoms with Gasteiger partial charge >= 0.3 is 0 Å². The van der Waals surface area contributed by atoms with Crippen molar-refractivity contribution in [2.75, 3.05) is 13.1 Å². The molecule has 3 heterocycles. The lowest BCUT2D eigenvalue weighted by Crippen LogP contribution is -2.45. The highest BCUT2D eigenvalue weighted by atomic mass is 16.3. The average Bonchev–Trinajstić information content (AvgIpc) is 3.41. The Hall–Kier alpha value is -3.35. The van der Waals surface area contributed by atoms with Crippen molar-refractivity contribution in [3.05, 3.63) is 77.0 Å². The number of benzene rings is 1. The average molecular weight is 421 g/mol. The lowest BCUT2D eigenvalue weighted by Gasteiger charge is -2.31. The number of likely N-dealkylation sites (tertiary alicyclic amines) is 1. The van der Waals surface area contributed by atoms with Gasteiger partial charge in [0.2, 0.25) is 5.91 Å². The first-order chi connectivity index (χ1) is 15.0. The van der Waals surface area contributed by atoms with Crippen LogP contribution in [0.25, 0.3) is 0 Å². The van der Waals surface area contributed by atoms with Crippen LogP contribution in [0.3, 0.4) is 0 Å². The molecule has 1 aromatic carbocycles. The Kier molecular flexibility index (Phi) is 6.21. The highest BCUT2D eigenvalue weighted by molar-refractivity contribution is 5.94. The molecule has 3 aromatic rings. The van der Waals surface area contributed by atoms with E-state index in [4.69, 9.17) is 4.42 Å². The smallest absolute Gasteiger partial charge is 0.257 e. The molecule has 7 nitrogen and oxygen atoms in total. The standard InChI is InChI=1S/C24H28N4O3/c1-17-22(18(2)28(26-17)14-19-7-4-3-5-8-19)13-25-23(29)20-9-6-11-27(15-20)24(30)21-10-12-31-16-21/h3-5,7-8,10,12,16,20H,6,9,11,13-15H2,1-2H3,(H,25,29). The Labute approximate surface area is 182 Å². The van der Waals surface area contributed by atoms with Gasteiger partial charge in [0, 0.05) is 30.9 Å². The zero-order valence-electron chi connectivity index (χ0n) is 18.0. The van der Waals surface area contributed by atoms with Crippen LogP contribution >= 0.6 is 0 Å². The molecule has 1 unspecified atom stereocenters. The monoisotopic (exact) mass is 420 g/mol. The number of rotatable bonds is 6. The summed E-state index contributed by atoms with van der Waals surface area (Å²) < 4.78 is 7.00. The van der Waals surface area contributed by atoms with Gasteiger partial charge in [0.05, 0.1) is 30.0 Å².